The monoisotopic (exact) mass is 250 g/mol. The Morgan fingerprint density at radius 1 is 1.78 bits per heavy atom. The van der Waals surface area contributed by atoms with Gasteiger partial charge in [-0.15, -0.1) is 0 Å². The molecule has 7 heteroatoms. The van der Waals surface area contributed by atoms with E-state index >= 15 is 0 Å². The van der Waals surface area contributed by atoms with Gasteiger partial charge in [0.15, 0.2) is 6.04 Å². The van der Waals surface area contributed by atoms with E-state index < -0.39 is 0 Å². The standard InChI is InChI=1S/C11H16N5O2/c1-2-18-11(17)7-16-10-5-3-4-9(14-15-12)8(10)6-13-16/h6,9,12H,2-5,7H2,1H3/q+1. The fourth-order valence-electron chi connectivity index (χ4n) is 2.25. The van der Waals surface area contributed by atoms with Crippen LogP contribution in [0.25, 0.3) is 0 Å². The van der Waals surface area contributed by atoms with Crippen molar-refractivity contribution < 1.29 is 9.53 Å². The molecule has 18 heavy (non-hydrogen) atoms. The smallest absolute Gasteiger partial charge is 0.327 e. The minimum Gasteiger partial charge on any atom is -0.465 e. The summed E-state index contributed by atoms with van der Waals surface area (Å²) in [5.41, 5.74) is 8.79. The lowest BCUT2D eigenvalue weighted by molar-refractivity contribution is -0.144. The number of fused-ring (bicyclic) bond motifs is 1. The molecular formula is C11H16N5O2+. The van der Waals surface area contributed by atoms with Crippen LogP contribution in [-0.4, -0.2) is 22.4 Å². The van der Waals surface area contributed by atoms with Crippen LogP contribution < -0.4 is 4.91 Å². The lowest BCUT2D eigenvalue weighted by atomic mass is 9.94. The van der Waals surface area contributed by atoms with Gasteiger partial charge in [0.05, 0.1) is 12.8 Å². The maximum Gasteiger partial charge on any atom is 0.327 e. The van der Waals surface area contributed by atoms with Crippen LogP contribution in [-0.2, 0) is 22.5 Å². The summed E-state index contributed by atoms with van der Waals surface area (Å²) in [4.78, 5) is 14.6. The molecule has 0 radical (unpaired) electrons. The highest BCUT2D eigenvalue weighted by Crippen LogP contribution is 2.31. The minimum atomic E-state index is -0.285. The largest absolute Gasteiger partial charge is 0.465 e. The highest BCUT2D eigenvalue weighted by molar-refractivity contribution is 5.69. The van der Waals surface area contributed by atoms with E-state index in [2.05, 4.69) is 15.1 Å². The third-order valence-corrected chi connectivity index (χ3v) is 3.01. The zero-order valence-corrected chi connectivity index (χ0v) is 10.3. The molecule has 1 aliphatic rings. The molecule has 0 saturated heterocycles. The lowest BCUT2D eigenvalue weighted by Gasteiger charge is -2.15. The van der Waals surface area contributed by atoms with Crippen molar-refractivity contribution in [1.29, 1.82) is 5.53 Å². The summed E-state index contributed by atoms with van der Waals surface area (Å²) in [6.45, 7) is 2.28. The first-order valence-corrected chi connectivity index (χ1v) is 6.03. The molecule has 1 aliphatic carbocycles. The maximum atomic E-state index is 11.4. The summed E-state index contributed by atoms with van der Waals surface area (Å²) in [6, 6.07) is -0.0952. The molecule has 0 fully saturated rings. The normalized spacial score (nSPS) is 17.7. The number of esters is 1. The molecule has 1 N–H and O–H groups in total. The maximum absolute atomic E-state index is 11.4. The zero-order chi connectivity index (χ0) is 13.0. The number of aromatic nitrogens is 2. The predicted molar refractivity (Wildman–Crippen MR) is 61.8 cm³/mol. The van der Waals surface area contributed by atoms with E-state index in [9.17, 15) is 4.79 Å². The highest BCUT2D eigenvalue weighted by Gasteiger charge is 2.27. The molecule has 0 aliphatic heterocycles. The van der Waals surface area contributed by atoms with E-state index in [1.54, 1.807) is 17.8 Å². The molecule has 1 atom stereocenters. The Bertz CT molecular complexity index is 490. The number of carbonyl (C=O) groups excluding carboxylic acids is 1. The predicted octanol–water partition coefficient (Wildman–Crippen LogP) is 1.37. The lowest BCUT2D eigenvalue weighted by Crippen LogP contribution is -2.18. The quantitative estimate of drug-likeness (QED) is 0.496. The first-order valence-electron chi connectivity index (χ1n) is 6.03. The molecule has 1 aromatic rings. The van der Waals surface area contributed by atoms with Crippen LogP contribution in [0.15, 0.2) is 11.3 Å². The molecule has 0 aromatic carbocycles. The molecule has 1 heterocycles. The van der Waals surface area contributed by atoms with Crippen molar-refractivity contribution in [2.45, 2.75) is 38.8 Å². The summed E-state index contributed by atoms with van der Waals surface area (Å²) in [5, 5.41) is 8.08. The van der Waals surface area contributed by atoms with Crippen LogP contribution in [0.4, 0.5) is 0 Å². The average Bonchev–Trinajstić information content (AvgIpc) is 2.74. The van der Waals surface area contributed by atoms with Gasteiger partial charge >= 0.3 is 5.97 Å². The SMILES string of the molecule is CCOC(=O)Cn1ncc2c1CCCC2N=[N+]=N. The van der Waals surface area contributed by atoms with Crippen molar-refractivity contribution in [3.8, 4) is 0 Å². The van der Waals surface area contributed by atoms with Crippen molar-refractivity contribution in [3.05, 3.63) is 17.5 Å². The van der Waals surface area contributed by atoms with E-state index in [1.165, 1.54) is 0 Å². The van der Waals surface area contributed by atoms with E-state index in [4.69, 9.17) is 10.3 Å². The van der Waals surface area contributed by atoms with Crippen LogP contribution in [0.5, 0.6) is 0 Å². The number of hydrogen-bond acceptors (Lipinski definition) is 5. The van der Waals surface area contributed by atoms with Crippen LogP contribution in [0.3, 0.4) is 0 Å². The van der Waals surface area contributed by atoms with Crippen LogP contribution >= 0.6 is 0 Å². The number of ether oxygens (including phenoxy) is 1. The van der Waals surface area contributed by atoms with Gasteiger partial charge in [0.2, 0.25) is 4.91 Å². The minimum absolute atomic E-state index is 0.0952. The summed E-state index contributed by atoms with van der Waals surface area (Å²) in [7, 11) is 0. The Labute approximate surface area is 104 Å². The van der Waals surface area contributed by atoms with Gasteiger partial charge in [-0.3, -0.25) is 9.48 Å². The van der Waals surface area contributed by atoms with E-state index in [1.807, 2.05) is 0 Å². The summed E-state index contributed by atoms with van der Waals surface area (Å²) in [5.74, 6) is -0.285. The zero-order valence-electron chi connectivity index (χ0n) is 10.3. The van der Waals surface area contributed by atoms with Crippen molar-refractivity contribution in [2.24, 2.45) is 5.11 Å². The van der Waals surface area contributed by atoms with Crippen LogP contribution in [0.2, 0.25) is 0 Å². The van der Waals surface area contributed by atoms with Gasteiger partial charge in [-0.2, -0.15) is 5.10 Å². The Balaban J connectivity index is 2.20. The first-order chi connectivity index (χ1) is 8.76. The van der Waals surface area contributed by atoms with Gasteiger partial charge in [0.1, 0.15) is 17.2 Å². The molecule has 1 aromatic heterocycles. The Hall–Kier alpha value is -2.01. The highest BCUT2D eigenvalue weighted by atomic mass is 16.5. The Kier molecular flexibility index (Phi) is 3.84. The van der Waals surface area contributed by atoms with Gasteiger partial charge in [-0.05, 0) is 26.2 Å². The summed E-state index contributed by atoms with van der Waals surface area (Å²) in [6.07, 6.45) is 4.43. The van der Waals surface area contributed by atoms with E-state index in [0.717, 1.165) is 30.5 Å². The average molecular weight is 250 g/mol. The van der Waals surface area contributed by atoms with E-state index in [-0.39, 0.29) is 18.6 Å². The van der Waals surface area contributed by atoms with Gasteiger partial charge in [0, 0.05) is 11.3 Å². The van der Waals surface area contributed by atoms with Gasteiger partial charge < -0.3 is 4.74 Å². The molecule has 0 spiro atoms. The van der Waals surface area contributed by atoms with Gasteiger partial charge in [-0.1, -0.05) is 0 Å². The number of nitrogens with zero attached hydrogens (tertiary/aromatic N) is 4. The number of rotatable bonds is 4. The molecule has 0 bridgehead atoms. The third-order valence-electron chi connectivity index (χ3n) is 3.01. The Morgan fingerprint density at radius 3 is 3.33 bits per heavy atom. The molecule has 96 valence electrons. The fourth-order valence-corrected chi connectivity index (χ4v) is 2.25. The molecule has 0 saturated carbocycles. The number of hydrogen-bond donors (Lipinski definition) is 1. The van der Waals surface area contributed by atoms with Crippen molar-refractivity contribution in [1.82, 2.24) is 14.7 Å². The third kappa shape index (κ3) is 2.46. The fraction of sp³-hybridized carbons (Fsp3) is 0.636. The first kappa shape index (κ1) is 12.4. The van der Waals surface area contributed by atoms with E-state index in [0.29, 0.717) is 6.61 Å². The second-order valence-corrected chi connectivity index (χ2v) is 4.13. The summed E-state index contributed by atoms with van der Waals surface area (Å²) < 4.78 is 6.57. The molecule has 7 nitrogen and oxygen atoms in total. The summed E-state index contributed by atoms with van der Waals surface area (Å²) >= 11 is 0. The van der Waals surface area contributed by atoms with Crippen LogP contribution in [0, 0.1) is 5.53 Å². The van der Waals surface area contributed by atoms with Crippen molar-refractivity contribution in [3.63, 3.8) is 0 Å². The molecular weight excluding hydrogens is 234 g/mol. The molecule has 1 unspecified atom stereocenters. The van der Waals surface area contributed by atoms with Gasteiger partial charge in [0.25, 0.3) is 0 Å². The second kappa shape index (κ2) is 5.55. The number of carbonyl (C=O) groups is 1. The van der Waals surface area contributed by atoms with Crippen LogP contribution in [0.1, 0.15) is 37.1 Å². The van der Waals surface area contributed by atoms with Crippen molar-refractivity contribution in [2.75, 3.05) is 6.61 Å². The topological polar surface area (TPSA) is 94.4 Å². The molecule has 2 rings (SSSR count). The van der Waals surface area contributed by atoms with Gasteiger partial charge in [-0.25, -0.2) is 0 Å². The Morgan fingerprint density at radius 2 is 2.61 bits per heavy atom. The number of nitrogens with one attached hydrogen (secondary N) is 1. The second-order valence-electron chi connectivity index (χ2n) is 4.13. The van der Waals surface area contributed by atoms with Crippen molar-refractivity contribution >= 4 is 5.97 Å². The molecule has 0 amide bonds.